The van der Waals surface area contributed by atoms with Crippen LogP contribution < -0.4 is 5.32 Å². The molecule has 1 aliphatic heterocycles. The average Bonchev–Trinajstić information content (AvgIpc) is 2.46. The Morgan fingerprint density at radius 3 is 2.43 bits per heavy atom. The van der Waals surface area contributed by atoms with E-state index in [9.17, 15) is 9.59 Å². The predicted molar refractivity (Wildman–Crippen MR) is 84.0 cm³/mol. The molecular weight excluding hydrogens is 264 g/mol. The second kappa shape index (κ2) is 6.74. The molecule has 1 N–H and O–H groups in total. The zero-order valence-corrected chi connectivity index (χ0v) is 13.1. The van der Waals surface area contributed by atoms with Gasteiger partial charge in [-0.05, 0) is 36.3 Å². The first kappa shape index (κ1) is 15.5. The van der Waals surface area contributed by atoms with Crippen LogP contribution in [0.1, 0.15) is 32.8 Å². The molecule has 1 heterocycles. The van der Waals surface area contributed by atoms with E-state index in [2.05, 4.69) is 19.2 Å². The summed E-state index contributed by atoms with van der Waals surface area (Å²) in [4.78, 5) is 26.2. The second-order valence-corrected chi connectivity index (χ2v) is 6.12. The zero-order valence-electron chi connectivity index (χ0n) is 13.1. The fourth-order valence-corrected chi connectivity index (χ4v) is 3.10. The van der Waals surface area contributed by atoms with Gasteiger partial charge in [0.25, 0.3) is 0 Å². The van der Waals surface area contributed by atoms with Gasteiger partial charge in [-0.15, -0.1) is 0 Å². The number of carbonyl (C=O) groups is 2. The highest BCUT2D eigenvalue weighted by molar-refractivity contribution is 6.39. The molecule has 1 aromatic rings. The van der Waals surface area contributed by atoms with Crippen LogP contribution in [0.3, 0.4) is 0 Å². The van der Waals surface area contributed by atoms with E-state index >= 15 is 0 Å². The van der Waals surface area contributed by atoms with E-state index in [-0.39, 0.29) is 0 Å². The molecule has 1 fully saturated rings. The van der Waals surface area contributed by atoms with Gasteiger partial charge in [0.05, 0.1) is 0 Å². The lowest BCUT2D eigenvalue weighted by atomic mass is 9.92. The Morgan fingerprint density at radius 2 is 1.81 bits per heavy atom. The molecule has 1 saturated heterocycles. The first-order valence-corrected chi connectivity index (χ1v) is 7.69. The smallest absolute Gasteiger partial charge is 0.313 e. The van der Waals surface area contributed by atoms with Gasteiger partial charge < -0.3 is 10.2 Å². The number of para-hydroxylation sites is 1. The summed E-state index contributed by atoms with van der Waals surface area (Å²) in [6.45, 7) is 7.62. The van der Waals surface area contributed by atoms with Gasteiger partial charge in [-0.25, -0.2) is 0 Å². The first-order valence-electron chi connectivity index (χ1n) is 7.69. The molecule has 0 aliphatic carbocycles. The van der Waals surface area contributed by atoms with Crippen LogP contribution in [0.25, 0.3) is 0 Å². The van der Waals surface area contributed by atoms with Crippen molar-refractivity contribution in [3.63, 3.8) is 0 Å². The summed E-state index contributed by atoms with van der Waals surface area (Å²) in [5.41, 5.74) is 1.77. The summed E-state index contributed by atoms with van der Waals surface area (Å²) < 4.78 is 0. The van der Waals surface area contributed by atoms with Crippen LogP contribution in [0.15, 0.2) is 24.3 Å². The van der Waals surface area contributed by atoms with Crippen LogP contribution in [-0.2, 0) is 16.0 Å². The van der Waals surface area contributed by atoms with E-state index in [1.54, 1.807) is 4.90 Å². The van der Waals surface area contributed by atoms with E-state index in [4.69, 9.17) is 0 Å². The Labute approximate surface area is 126 Å². The molecule has 0 radical (unpaired) electrons. The van der Waals surface area contributed by atoms with Crippen LogP contribution in [0.2, 0.25) is 0 Å². The van der Waals surface area contributed by atoms with Crippen molar-refractivity contribution < 1.29 is 9.59 Å². The van der Waals surface area contributed by atoms with Gasteiger partial charge in [-0.1, -0.05) is 39.0 Å². The lowest BCUT2D eigenvalue weighted by Gasteiger charge is -2.34. The van der Waals surface area contributed by atoms with E-state index < -0.39 is 11.8 Å². The molecule has 0 spiro atoms. The predicted octanol–water partition coefficient (Wildman–Crippen LogP) is 2.69. The number of nitrogens with one attached hydrogen (secondary N) is 1. The van der Waals surface area contributed by atoms with Gasteiger partial charge >= 0.3 is 11.8 Å². The van der Waals surface area contributed by atoms with Gasteiger partial charge in [-0.2, -0.15) is 0 Å². The van der Waals surface area contributed by atoms with Gasteiger partial charge in [-0.3, -0.25) is 9.59 Å². The highest BCUT2D eigenvalue weighted by Crippen LogP contribution is 2.21. The van der Waals surface area contributed by atoms with Crippen molar-refractivity contribution in [2.24, 2.45) is 11.8 Å². The fourth-order valence-electron chi connectivity index (χ4n) is 3.10. The van der Waals surface area contributed by atoms with Crippen molar-refractivity contribution in [3.05, 3.63) is 29.8 Å². The third-order valence-electron chi connectivity index (χ3n) is 4.00. The summed E-state index contributed by atoms with van der Waals surface area (Å²) >= 11 is 0. The SMILES string of the molecule is CCc1ccccc1NC(=O)C(=O)N1CC(C)CC(C)C1. The number of carbonyl (C=O) groups excluding carboxylic acids is 2. The number of anilines is 1. The van der Waals surface area contributed by atoms with Crippen LogP contribution >= 0.6 is 0 Å². The van der Waals surface area contributed by atoms with Crippen molar-refractivity contribution in [1.82, 2.24) is 4.90 Å². The topological polar surface area (TPSA) is 49.4 Å². The Bertz CT molecular complexity index is 517. The number of hydrogen-bond acceptors (Lipinski definition) is 2. The Hall–Kier alpha value is -1.84. The van der Waals surface area contributed by atoms with Crippen molar-refractivity contribution in [1.29, 1.82) is 0 Å². The average molecular weight is 288 g/mol. The van der Waals surface area contributed by atoms with Gasteiger partial charge in [0.15, 0.2) is 0 Å². The minimum Gasteiger partial charge on any atom is -0.334 e. The second-order valence-electron chi connectivity index (χ2n) is 6.12. The van der Waals surface area contributed by atoms with E-state index in [1.165, 1.54) is 0 Å². The summed E-state index contributed by atoms with van der Waals surface area (Å²) in [7, 11) is 0. The fraction of sp³-hybridized carbons (Fsp3) is 0.529. The number of amides is 2. The number of piperidine rings is 1. The minimum atomic E-state index is -0.530. The van der Waals surface area contributed by atoms with Crippen molar-refractivity contribution in [2.75, 3.05) is 18.4 Å². The molecule has 2 rings (SSSR count). The molecular formula is C17H24N2O2. The molecule has 2 atom stereocenters. The lowest BCUT2D eigenvalue weighted by molar-refractivity contribution is -0.144. The third-order valence-corrected chi connectivity index (χ3v) is 4.00. The summed E-state index contributed by atoms with van der Waals surface area (Å²) in [5, 5.41) is 2.76. The molecule has 2 amide bonds. The molecule has 114 valence electrons. The summed E-state index contributed by atoms with van der Waals surface area (Å²) in [5.74, 6) is -0.0432. The summed E-state index contributed by atoms with van der Waals surface area (Å²) in [6.07, 6.45) is 1.94. The number of rotatable bonds is 2. The molecule has 1 aromatic carbocycles. The first-order chi connectivity index (χ1) is 10.0. The van der Waals surface area contributed by atoms with Crippen molar-refractivity contribution >= 4 is 17.5 Å². The minimum absolute atomic E-state index is 0.417. The zero-order chi connectivity index (χ0) is 15.4. The number of likely N-dealkylation sites (tertiary alicyclic amines) is 1. The van der Waals surface area contributed by atoms with Crippen LogP contribution in [0, 0.1) is 11.8 Å². The molecule has 21 heavy (non-hydrogen) atoms. The quantitative estimate of drug-likeness (QED) is 0.851. The Kier molecular flexibility index (Phi) is 4.99. The Morgan fingerprint density at radius 1 is 1.19 bits per heavy atom. The number of nitrogens with zero attached hydrogens (tertiary/aromatic N) is 1. The maximum atomic E-state index is 12.3. The normalized spacial score (nSPS) is 22.0. The number of hydrogen-bond donors (Lipinski definition) is 1. The Balaban J connectivity index is 2.04. The number of benzene rings is 1. The molecule has 0 aromatic heterocycles. The lowest BCUT2D eigenvalue weighted by Crippen LogP contribution is -2.47. The van der Waals surface area contributed by atoms with Gasteiger partial charge in [0.1, 0.15) is 0 Å². The largest absolute Gasteiger partial charge is 0.334 e. The molecule has 4 heteroatoms. The van der Waals surface area contributed by atoms with Crippen molar-refractivity contribution in [3.8, 4) is 0 Å². The third kappa shape index (κ3) is 3.84. The summed E-state index contributed by atoms with van der Waals surface area (Å²) in [6, 6.07) is 7.60. The van der Waals surface area contributed by atoms with Crippen LogP contribution in [0.4, 0.5) is 5.69 Å². The maximum absolute atomic E-state index is 12.3. The van der Waals surface area contributed by atoms with Crippen LogP contribution in [0.5, 0.6) is 0 Å². The molecule has 0 saturated carbocycles. The van der Waals surface area contributed by atoms with Gasteiger partial charge in [0, 0.05) is 18.8 Å². The number of aryl methyl sites for hydroxylation is 1. The molecule has 0 bridgehead atoms. The molecule has 2 unspecified atom stereocenters. The highest BCUT2D eigenvalue weighted by Gasteiger charge is 2.29. The van der Waals surface area contributed by atoms with Crippen molar-refractivity contribution in [2.45, 2.75) is 33.6 Å². The maximum Gasteiger partial charge on any atom is 0.313 e. The molecule has 4 nitrogen and oxygen atoms in total. The highest BCUT2D eigenvalue weighted by atomic mass is 16.2. The van der Waals surface area contributed by atoms with E-state index in [1.807, 2.05) is 31.2 Å². The van der Waals surface area contributed by atoms with E-state index in [0.717, 1.165) is 24.1 Å². The van der Waals surface area contributed by atoms with Crippen LogP contribution in [-0.4, -0.2) is 29.8 Å². The standard InChI is InChI=1S/C17H24N2O2/c1-4-14-7-5-6-8-15(14)18-16(20)17(21)19-10-12(2)9-13(3)11-19/h5-8,12-13H,4,9-11H2,1-3H3,(H,18,20). The van der Waals surface area contributed by atoms with Gasteiger partial charge in [0.2, 0.25) is 0 Å². The monoisotopic (exact) mass is 288 g/mol. The van der Waals surface area contributed by atoms with E-state index in [0.29, 0.717) is 24.9 Å². The molecule has 1 aliphatic rings.